The summed E-state index contributed by atoms with van der Waals surface area (Å²) in [5.74, 6) is -14.2. The SMILES string of the molecule is O=C(c1ccc(-c2ccco2)cc1F)c1c(F)c(F)c(F)c(F)c1F. The molecule has 0 saturated carbocycles. The van der Waals surface area contributed by atoms with E-state index in [9.17, 15) is 31.1 Å². The predicted molar refractivity (Wildman–Crippen MR) is 73.8 cm³/mol. The molecule has 25 heavy (non-hydrogen) atoms. The molecule has 0 atom stereocenters. The largest absolute Gasteiger partial charge is 0.464 e. The lowest BCUT2D eigenvalue weighted by molar-refractivity contribution is 0.102. The van der Waals surface area contributed by atoms with E-state index in [2.05, 4.69) is 0 Å². The van der Waals surface area contributed by atoms with Crippen molar-refractivity contribution >= 4 is 5.78 Å². The van der Waals surface area contributed by atoms with Crippen LogP contribution in [0.3, 0.4) is 0 Å². The lowest BCUT2D eigenvalue weighted by Gasteiger charge is -2.09. The van der Waals surface area contributed by atoms with Gasteiger partial charge in [-0.3, -0.25) is 4.79 Å². The Bertz CT molecular complexity index is 950. The molecule has 1 aromatic heterocycles. The minimum atomic E-state index is -2.40. The van der Waals surface area contributed by atoms with Gasteiger partial charge in [-0.05, 0) is 24.3 Å². The first-order valence-corrected chi connectivity index (χ1v) is 6.72. The average molecular weight is 356 g/mol. The van der Waals surface area contributed by atoms with E-state index < -0.39 is 51.8 Å². The molecular weight excluding hydrogens is 350 g/mol. The summed E-state index contributed by atoms with van der Waals surface area (Å²) in [5, 5.41) is 0. The molecule has 1 heterocycles. The van der Waals surface area contributed by atoms with Gasteiger partial charge in [-0.15, -0.1) is 0 Å². The van der Waals surface area contributed by atoms with Crippen molar-refractivity contribution in [1.82, 2.24) is 0 Å². The number of carbonyl (C=O) groups is 1. The topological polar surface area (TPSA) is 30.2 Å². The van der Waals surface area contributed by atoms with Gasteiger partial charge >= 0.3 is 0 Å². The van der Waals surface area contributed by atoms with Crippen LogP contribution in [0, 0.1) is 34.9 Å². The van der Waals surface area contributed by atoms with Crippen molar-refractivity contribution in [3.05, 3.63) is 82.6 Å². The third-order valence-corrected chi connectivity index (χ3v) is 3.46. The van der Waals surface area contributed by atoms with Crippen molar-refractivity contribution in [3.8, 4) is 11.3 Å². The summed E-state index contributed by atoms with van der Waals surface area (Å²) in [6, 6.07) is 5.95. The van der Waals surface area contributed by atoms with Crippen LogP contribution in [-0.2, 0) is 0 Å². The molecule has 0 spiro atoms. The molecule has 0 bridgehead atoms. The second kappa shape index (κ2) is 6.12. The number of carbonyl (C=O) groups excluding carboxylic acids is 1. The van der Waals surface area contributed by atoms with E-state index in [1.165, 1.54) is 24.5 Å². The summed E-state index contributed by atoms with van der Waals surface area (Å²) >= 11 is 0. The number of hydrogen-bond donors (Lipinski definition) is 0. The van der Waals surface area contributed by atoms with Crippen LogP contribution in [0.25, 0.3) is 11.3 Å². The van der Waals surface area contributed by atoms with E-state index in [1.807, 2.05) is 0 Å². The summed E-state index contributed by atoms with van der Waals surface area (Å²) in [6.45, 7) is 0. The van der Waals surface area contributed by atoms with Gasteiger partial charge in [-0.2, -0.15) is 0 Å². The second-order valence-electron chi connectivity index (χ2n) is 4.95. The minimum absolute atomic E-state index is 0.219. The molecule has 0 amide bonds. The Labute approximate surface area is 136 Å². The molecule has 2 nitrogen and oxygen atoms in total. The van der Waals surface area contributed by atoms with E-state index in [-0.39, 0.29) is 11.3 Å². The fraction of sp³-hybridized carbons (Fsp3) is 0. The zero-order valence-corrected chi connectivity index (χ0v) is 12.0. The Morgan fingerprint density at radius 2 is 1.40 bits per heavy atom. The van der Waals surface area contributed by atoms with Crippen LogP contribution >= 0.6 is 0 Å². The minimum Gasteiger partial charge on any atom is -0.464 e. The molecular formula is C17H6F6O2. The van der Waals surface area contributed by atoms with Crippen molar-refractivity contribution in [3.63, 3.8) is 0 Å². The number of halogens is 6. The van der Waals surface area contributed by atoms with Crippen LogP contribution in [0.4, 0.5) is 26.3 Å². The smallest absolute Gasteiger partial charge is 0.202 e. The third kappa shape index (κ3) is 2.69. The fourth-order valence-corrected chi connectivity index (χ4v) is 2.23. The van der Waals surface area contributed by atoms with Gasteiger partial charge in [0.05, 0.1) is 11.8 Å². The van der Waals surface area contributed by atoms with Gasteiger partial charge < -0.3 is 4.42 Å². The summed E-state index contributed by atoms with van der Waals surface area (Å²) < 4.78 is 86.0. The summed E-state index contributed by atoms with van der Waals surface area (Å²) in [4.78, 5) is 12.1. The van der Waals surface area contributed by atoms with E-state index in [1.54, 1.807) is 0 Å². The Kier molecular flexibility index (Phi) is 4.12. The molecule has 0 radical (unpaired) electrons. The van der Waals surface area contributed by atoms with Crippen molar-refractivity contribution in [2.24, 2.45) is 0 Å². The standard InChI is InChI=1S/C17H6F6O2/c18-9-6-7(10-2-1-5-25-10)3-4-8(9)17(24)11-12(19)14(21)16(23)15(22)13(11)20/h1-6H. The third-order valence-electron chi connectivity index (χ3n) is 3.46. The van der Waals surface area contributed by atoms with E-state index in [0.29, 0.717) is 0 Å². The lowest BCUT2D eigenvalue weighted by atomic mass is 9.99. The molecule has 3 rings (SSSR count). The Morgan fingerprint density at radius 3 is 1.92 bits per heavy atom. The van der Waals surface area contributed by atoms with Gasteiger partial charge in [0.1, 0.15) is 17.1 Å². The van der Waals surface area contributed by atoms with E-state index >= 15 is 0 Å². The Morgan fingerprint density at radius 1 is 0.800 bits per heavy atom. The average Bonchev–Trinajstić information content (AvgIpc) is 3.12. The maximum Gasteiger partial charge on any atom is 0.202 e. The number of rotatable bonds is 3. The van der Waals surface area contributed by atoms with Crippen LogP contribution in [0.15, 0.2) is 41.0 Å². The second-order valence-corrected chi connectivity index (χ2v) is 4.95. The molecule has 8 heteroatoms. The highest BCUT2D eigenvalue weighted by molar-refractivity contribution is 6.09. The molecule has 2 aromatic carbocycles. The van der Waals surface area contributed by atoms with Crippen molar-refractivity contribution < 1.29 is 35.6 Å². The number of hydrogen-bond acceptors (Lipinski definition) is 2. The molecule has 0 aliphatic carbocycles. The van der Waals surface area contributed by atoms with Gasteiger partial charge in [0.15, 0.2) is 23.3 Å². The quantitative estimate of drug-likeness (QED) is 0.286. The summed E-state index contributed by atoms with van der Waals surface area (Å²) in [7, 11) is 0. The molecule has 0 fully saturated rings. The monoisotopic (exact) mass is 356 g/mol. The summed E-state index contributed by atoms with van der Waals surface area (Å²) in [5.41, 5.74) is -2.35. The van der Waals surface area contributed by atoms with Crippen LogP contribution in [0.2, 0.25) is 0 Å². The van der Waals surface area contributed by atoms with Gasteiger partial charge in [-0.1, -0.05) is 6.07 Å². The van der Waals surface area contributed by atoms with E-state index in [0.717, 1.165) is 12.1 Å². The highest BCUT2D eigenvalue weighted by Crippen LogP contribution is 2.28. The van der Waals surface area contributed by atoms with Crippen molar-refractivity contribution in [2.45, 2.75) is 0 Å². The van der Waals surface area contributed by atoms with E-state index in [4.69, 9.17) is 4.42 Å². The first-order valence-electron chi connectivity index (χ1n) is 6.72. The number of ketones is 1. The zero-order valence-electron chi connectivity index (χ0n) is 12.0. The van der Waals surface area contributed by atoms with Crippen molar-refractivity contribution in [1.29, 1.82) is 0 Å². The van der Waals surface area contributed by atoms with Crippen LogP contribution in [0.1, 0.15) is 15.9 Å². The molecule has 0 aliphatic heterocycles. The number of benzene rings is 2. The highest BCUT2D eigenvalue weighted by Gasteiger charge is 2.31. The van der Waals surface area contributed by atoms with Crippen LogP contribution in [0.5, 0.6) is 0 Å². The van der Waals surface area contributed by atoms with Crippen LogP contribution in [-0.4, -0.2) is 5.78 Å². The maximum absolute atomic E-state index is 14.2. The first-order chi connectivity index (χ1) is 11.8. The first kappa shape index (κ1) is 16.8. The summed E-state index contributed by atoms with van der Waals surface area (Å²) in [6.07, 6.45) is 1.32. The lowest BCUT2D eigenvalue weighted by Crippen LogP contribution is -2.14. The highest BCUT2D eigenvalue weighted by atomic mass is 19.2. The molecule has 3 aromatic rings. The van der Waals surface area contributed by atoms with Gasteiger partial charge in [0.25, 0.3) is 0 Å². The molecule has 128 valence electrons. The molecule has 0 unspecified atom stereocenters. The van der Waals surface area contributed by atoms with Gasteiger partial charge in [-0.25, -0.2) is 26.3 Å². The fourth-order valence-electron chi connectivity index (χ4n) is 2.23. The van der Waals surface area contributed by atoms with Gasteiger partial charge in [0, 0.05) is 5.56 Å². The zero-order chi connectivity index (χ0) is 18.3. The van der Waals surface area contributed by atoms with Crippen LogP contribution < -0.4 is 0 Å². The molecule has 0 saturated heterocycles. The normalized spacial score (nSPS) is 11.0. The Hall–Kier alpha value is -3.03. The van der Waals surface area contributed by atoms with Gasteiger partial charge in [0.2, 0.25) is 11.6 Å². The molecule has 0 aliphatic rings. The number of furan rings is 1. The van der Waals surface area contributed by atoms with Crippen molar-refractivity contribution in [2.75, 3.05) is 0 Å². The predicted octanol–water partition coefficient (Wildman–Crippen LogP) is 5.01. The molecule has 0 N–H and O–H groups in total. The Balaban J connectivity index is 2.11. The maximum atomic E-state index is 14.2.